The predicted octanol–water partition coefficient (Wildman–Crippen LogP) is 2.75. The summed E-state index contributed by atoms with van der Waals surface area (Å²) < 4.78 is 20.7. The number of carbonyl (C=O) groups excluding carboxylic acids is 1. The Morgan fingerprint density at radius 1 is 1.35 bits per heavy atom. The highest BCUT2D eigenvalue weighted by Crippen LogP contribution is 2.32. The van der Waals surface area contributed by atoms with Crippen molar-refractivity contribution in [3.8, 4) is 16.3 Å². The molecule has 1 aromatic carbocycles. The van der Waals surface area contributed by atoms with Crippen molar-refractivity contribution < 1.29 is 23.7 Å². The molecule has 0 atom stereocenters. The number of para-hydroxylation sites is 1. The third-order valence-electron chi connectivity index (χ3n) is 3.09. The average molecular weight is 333 g/mol. The molecule has 0 saturated carbocycles. The monoisotopic (exact) mass is 333 g/mol. The van der Waals surface area contributed by atoms with Crippen LogP contribution >= 0.6 is 11.3 Å². The lowest BCUT2D eigenvalue weighted by Crippen LogP contribution is -2.17. The van der Waals surface area contributed by atoms with E-state index in [2.05, 4.69) is 4.98 Å². The van der Waals surface area contributed by atoms with Crippen LogP contribution in [0.5, 0.6) is 5.75 Å². The standard InChI is InChI=1S/C16H15NO5S/c1-19-13-5-3-2-4-12(13)15-17-11(10-23-15)8-22-16(18)14-9-20-6-7-21-14/h2-5,9-10H,6-8H2,1H3. The van der Waals surface area contributed by atoms with E-state index in [1.54, 1.807) is 7.11 Å². The van der Waals surface area contributed by atoms with Crippen LogP contribution in [-0.2, 0) is 25.6 Å². The van der Waals surface area contributed by atoms with Gasteiger partial charge in [0.15, 0.2) is 0 Å². The van der Waals surface area contributed by atoms with Crippen molar-refractivity contribution in [2.45, 2.75) is 6.61 Å². The molecule has 3 rings (SSSR count). The summed E-state index contributed by atoms with van der Waals surface area (Å²) in [6.45, 7) is 0.853. The zero-order chi connectivity index (χ0) is 16.1. The van der Waals surface area contributed by atoms with Gasteiger partial charge in [-0.25, -0.2) is 9.78 Å². The van der Waals surface area contributed by atoms with Crippen LogP contribution < -0.4 is 4.74 Å². The lowest BCUT2D eigenvalue weighted by molar-refractivity contribution is -0.146. The third-order valence-corrected chi connectivity index (χ3v) is 4.01. The van der Waals surface area contributed by atoms with Crippen LogP contribution in [0.4, 0.5) is 0 Å². The van der Waals surface area contributed by atoms with E-state index in [1.807, 2.05) is 29.6 Å². The molecule has 2 heterocycles. The van der Waals surface area contributed by atoms with Crippen LogP contribution in [0.15, 0.2) is 41.7 Å². The number of rotatable bonds is 5. The number of thiazole rings is 1. The highest BCUT2D eigenvalue weighted by atomic mass is 32.1. The fourth-order valence-electron chi connectivity index (χ4n) is 2.00. The number of hydrogen-bond acceptors (Lipinski definition) is 7. The highest BCUT2D eigenvalue weighted by Gasteiger charge is 2.17. The van der Waals surface area contributed by atoms with E-state index in [4.69, 9.17) is 18.9 Å². The summed E-state index contributed by atoms with van der Waals surface area (Å²) in [7, 11) is 1.62. The summed E-state index contributed by atoms with van der Waals surface area (Å²) in [5.41, 5.74) is 1.57. The number of hydrogen-bond donors (Lipinski definition) is 0. The molecule has 0 saturated heterocycles. The first-order valence-corrected chi connectivity index (χ1v) is 7.85. The Bertz CT molecular complexity index is 725. The molecule has 6 nitrogen and oxygen atoms in total. The lowest BCUT2D eigenvalue weighted by Gasteiger charge is -2.13. The molecule has 0 radical (unpaired) electrons. The summed E-state index contributed by atoms with van der Waals surface area (Å²) in [5.74, 6) is 0.274. The number of nitrogens with zero attached hydrogens (tertiary/aromatic N) is 1. The van der Waals surface area contributed by atoms with Gasteiger partial charge in [-0.3, -0.25) is 0 Å². The van der Waals surface area contributed by atoms with Gasteiger partial charge in [-0.15, -0.1) is 11.3 Å². The van der Waals surface area contributed by atoms with Crippen LogP contribution in [0.1, 0.15) is 5.69 Å². The third kappa shape index (κ3) is 3.62. The van der Waals surface area contributed by atoms with Crippen LogP contribution in [0, 0.1) is 0 Å². The number of esters is 1. The summed E-state index contributed by atoms with van der Waals surface area (Å²) in [5, 5.41) is 2.66. The SMILES string of the molecule is COc1ccccc1-c1nc(COC(=O)C2=COCCO2)cs1. The molecular weight excluding hydrogens is 318 g/mol. The van der Waals surface area contributed by atoms with E-state index in [0.717, 1.165) is 16.3 Å². The second-order valence-electron chi connectivity index (χ2n) is 4.62. The average Bonchev–Trinajstić information content (AvgIpc) is 3.09. The smallest absolute Gasteiger partial charge is 0.377 e. The molecule has 1 aliphatic rings. The van der Waals surface area contributed by atoms with Gasteiger partial charge in [-0.1, -0.05) is 12.1 Å². The van der Waals surface area contributed by atoms with Crippen LogP contribution in [0.2, 0.25) is 0 Å². The molecule has 120 valence electrons. The number of methoxy groups -OCH3 is 1. The van der Waals surface area contributed by atoms with E-state index >= 15 is 0 Å². The molecule has 0 unspecified atom stereocenters. The van der Waals surface area contributed by atoms with Crippen LogP contribution in [0.25, 0.3) is 10.6 Å². The summed E-state index contributed by atoms with van der Waals surface area (Å²) in [4.78, 5) is 16.3. The molecule has 2 aromatic rings. The van der Waals surface area contributed by atoms with Gasteiger partial charge in [0.05, 0.1) is 18.4 Å². The topological polar surface area (TPSA) is 66.9 Å². The maximum atomic E-state index is 11.8. The largest absolute Gasteiger partial charge is 0.496 e. The van der Waals surface area contributed by atoms with E-state index in [0.29, 0.717) is 18.9 Å². The van der Waals surface area contributed by atoms with Gasteiger partial charge < -0.3 is 18.9 Å². The Balaban J connectivity index is 1.65. The fraction of sp³-hybridized carbons (Fsp3) is 0.250. The molecule has 0 aliphatic carbocycles. The van der Waals surface area contributed by atoms with Gasteiger partial charge in [-0.2, -0.15) is 0 Å². The Morgan fingerprint density at radius 3 is 3.00 bits per heavy atom. The van der Waals surface area contributed by atoms with Crippen molar-refractivity contribution >= 4 is 17.3 Å². The maximum Gasteiger partial charge on any atom is 0.377 e. The zero-order valence-electron chi connectivity index (χ0n) is 12.5. The van der Waals surface area contributed by atoms with Gasteiger partial charge in [-0.05, 0) is 12.1 Å². The summed E-state index contributed by atoms with van der Waals surface area (Å²) in [6.07, 6.45) is 1.27. The molecule has 0 fully saturated rings. The van der Waals surface area contributed by atoms with Crippen molar-refractivity contribution in [1.82, 2.24) is 4.98 Å². The Kier molecular flexibility index (Phi) is 4.77. The molecule has 23 heavy (non-hydrogen) atoms. The summed E-state index contributed by atoms with van der Waals surface area (Å²) >= 11 is 1.47. The minimum atomic E-state index is -0.559. The highest BCUT2D eigenvalue weighted by molar-refractivity contribution is 7.13. The molecule has 0 N–H and O–H groups in total. The summed E-state index contributed by atoms with van der Waals surface area (Å²) in [6, 6.07) is 7.64. The Hall–Kier alpha value is -2.54. The Morgan fingerprint density at radius 2 is 2.22 bits per heavy atom. The van der Waals surface area contributed by atoms with Crippen molar-refractivity contribution in [3.05, 3.63) is 47.4 Å². The quantitative estimate of drug-likeness (QED) is 0.784. The minimum Gasteiger partial charge on any atom is -0.496 e. The molecule has 0 spiro atoms. The van der Waals surface area contributed by atoms with Gasteiger partial charge in [0.2, 0.25) is 5.76 Å². The van der Waals surface area contributed by atoms with Gasteiger partial charge in [0, 0.05) is 5.38 Å². The minimum absolute atomic E-state index is 0.0746. The first-order chi connectivity index (χ1) is 11.3. The molecule has 1 aromatic heterocycles. The first-order valence-electron chi connectivity index (χ1n) is 6.97. The Labute approximate surface area is 137 Å². The fourth-order valence-corrected chi connectivity index (χ4v) is 2.84. The lowest BCUT2D eigenvalue weighted by atomic mass is 10.2. The van der Waals surface area contributed by atoms with E-state index in [9.17, 15) is 4.79 Å². The molecule has 0 amide bonds. The first kappa shape index (κ1) is 15.4. The molecule has 7 heteroatoms. The second-order valence-corrected chi connectivity index (χ2v) is 5.48. The van der Waals surface area contributed by atoms with Crippen LogP contribution in [-0.4, -0.2) is 31.3 Å². The normalized spacial score (nSPS) is 13.5. The molecular formula is C16H15NO5S. The van der Waals surface area contributed by atoms with Gasteiger partial charge in [0.1, 0.15) is 36.8 Å². The maximum absolute atomic E-state index is 11.8. The van der Waals surface area contributed by atoms with Crippen LogP contribution in [0.3, 0.4) is 0 Å². The van der Waals surface area contributed by atoms with Crippen molar-refractivity contribution in [2.24, 2.45) is 0 Å². The predicted molar refractivity (Wildman–Crippen MR) is 83.9 cm³/mol. The molecule has 1 aliphatic heterocycles. The number of aromatic nitrogens is 1. The van der Waals surface area contributed by atoms with Gasteiger partial charge >= 0.3 is 5.97 Å². The van der Waals surface area contributed by atoms with Crippen molar-refractivity contribution in [3.63, 3.8) is 0 Å². The number of ether oxygens (including phenoxy) is 4. The van der Waals surface area contributed by atoms with E-state index in [-0.39, 0.29) is 12.4 Å². The second kappa shape index (κ2) is 7.15. The zero-order valence-corrected chi connectivity index (χ0v) is 13.3. The van der Waals surface area contributed by atoms with E-state index in [1.165, 1.54) is 17.6 Å². The van der Waals surface area contributed by atoms with Crippen molar-refractivity contribution in [1.29, 1.82) is 0 Å². The van der Waals surface area contributed by atoms with Crippen molar-refractivity contribution in [2.75, 3.05) is 20.3 Å². The van der Waals surface area contributed by atoms with Gasteiger partial charge in [0.25, 0.3) is 0 Å². The molecule has 0 bridgehead atoms. The number of carbonyl (C=O) groups is 1. The number of benzene rings is 1. The van der Waals surface area contributed by atoms with E-state index < -0.39 is 5.97 Å².